The van der Waals surface area contributed by atoms with Gasteiger partial charge < -0.3 is 20.4 Å². The van der Waals surface area contributed by atoms with E-state index in [4.69, 9.17) is 0 Å². The van der Waals surface area contributed by atoms with Gasteiger partial charge in [0.1, 0.15) is 0 Å². The van der Waals surface area contributed by atoms with Crippen molar-refractivity contribution in [3.05, 3.63) is 109 Å². The molecule has 0 aromatic heterocycles. The lowest BCUT2D eigenvalue weighted by molar-refractivity contribution is 0.470. The monoisotopic (exact) mass is 604 g/mol. The van der Waals surface area contributed by atoms with E-state index < -0.39 is 0 Å². The Kier molecular flexibility index (Phi) is 13.2. The summed E-state index contributed by atoms with van der Waals surface area (Å²) in [4.78, 5) is 5.26. The quantitative estimate of drug-likeness (QED) is 0.111. The number of hydrogen-bond donors (Lipinski definition) is 2. The number of nitrogens with zero attached hydrogens (tertiary/aromatic N) is 2. The van der Waals surface area contributed by atoms with Gasteiger partial charge in [-0.3, -0.25) is 0 Å². The second-order valence-corrected chi connectivity index (χ2v) is 13.5. The molecule has 0 heterocycles. The maximum atomic E-state index is 3.52. The molecule has 45 heavy (non-hydrogen) atoms. The maximum absolute atomic E-state index is 3.52. The SMILES string of the molecule is CC(C)CC(C)N(CCCCCN(c1ccc(Nc2ccccc2)cc1)C(C)CC(C)C)c1ccc(Nc2ccccc2)cc1. The zero-order valence-electron chi connectivity index (χ0n) is 28.5. The topological polar surface area (TPSA) is 30.5 Å². The van der Waals surface area contributed by atoms with Gasteiger partial charge in [-0.1, -0.05) is 64.1 Å². The second kappa shape index (κ2) is 17.5. The van der Waals surface area contributed by atoms with Crippen LogP contribution in [0.25, 0.3) is 0 Å². The molecule has 4 aromatic rings. The molecule has 240 valence electrons. The molecule has 0 spiro atoms. The van der Waals surface area contributed by atoms with E-state index in [2.05, 4.69) is 159 Å². The minimum Gasteiger partial charge on any atom is -0.369 e. The molecular formula is C41H56N4. The zero-order valence-corrected chi connectivity index (χ0v) is 28.5. The van der Waals surface area contributed by atoms with Crippen LogP contribution >= 0.6 is 0 Å². The molecule has 4 aromatic carbocycles. The van der Waals surface area contributed by atoms with E-state index in [-0.39, 0.29) is 0 Å². The van der Waals surface area contributed by atoms with Crippen LogP contribution in [0.3, 0.4) is 0 Å². The molecule has 0 radical (unpaired) electrons. The van der Waals surface area contributed by atoms with Crippen molar-refractivity contribution in [3.8, 4) is 0 Å². The number of unbranched alkanes of at least 4 members (excludes halogenated alkanes) is 2. The third-order valence-corrected chi connectivity index (χ3v) is 8.51. The first kappa shape index (κ1) is 34.0. The van der Waals surface area contributed by atoms with Crippen molar-refractivity contribution in [2.24, 2.45) is 11.8 Å². The summed E-state index contributed by atoms with van der Waals surface area (Å²) in [5.74, 6) is 1.35. The summed E-state index contributed by atoms with van der Waals surface area (Å²) in [7, 11) is 0. The second-order valence-electron chi connectivity index (χ2n) is 13.5. The lowest BCUT2D eigenvalue weighted by Gasteiger charge is -2.34. The Labute approximate surface area is 273 Å². The summed E-state index contributed by atoms with van der Waals surface area (Å²) >= 11 is 0. The van der Waals surface area contributed by atoms with Crippen molar-refractivity contribution in [3.63, 3.8) is 0 Å². The Hall–Kier alpha value is -3.92. The van der Waals surface area contributed by atoms with Gasteiger partial charge in [0.2, 0.25) is 0 Å². The van der Waals surface area contributed by atoms with E-state index in [1.807, 2.05) is 12.1 Å². The van der Waals surface area contributed by atoms with Gasteiger partial charge in [0.05, 0.1) is 0 Å². The molecule has 0 saturated carbocycles. The molecule has 2 N–H and O–H groups in total. The van der Waals surface area contributed by atoms with Crippen LogP contribution in [0, 0.1) is 11.8 Å². The number of anilines is 6. The van der Waals surface area contributed by atoms with Crippen LogP contribution in [-0.4, -0.2) is 25.2 Å². The average Bonchev–Trinajstić information content (AvgIpc) is 3.02. The Morgan fingerprint density at radius 3 is 1.09 bits per heavy atom. The largest absolute Gasteiger partial charge is 0.369 e. The van der Waals surface area contributed by atoms with Crippen LogP contribution in [-0.2, 0) is 0 Å². The van der Waals surface area contributed by atoms with Crippen LogP contribution in [0.1, 0.15) is 73.6 Å². The highest BCUT2D eigenvalue weighted by Crippen LogP contribution is 2.27. The molecule has 0 saturated heterocycles. The fourth-order valence-corrected chi connectivity index (χ4v) is 6.42. The summed E-state index contributed by atoms with van der Waals surface area (Å²) in [6.45, 7) is 16.3. The standard InChI is InChI=1S/C41H56N4/c1-32(2)30-34(5)44(40-24-20-38(21-25-40)42-36-16-10-7-11-17-36)28-14-9-15-29-45(35(6)31-33(3)4)41-26-22-39(23-27-41)43-37-18-12-8-13-19-37/h7-8,10-13,16-27,32-35,42-43H,9,14-15,28-31H2,1-6H3. The smallest absolute Gasteiger partial charge is 0.0385 e. The number of rotatable bonds is 18. The molecule has 0 amide bonds. The van der Waals surface area contributed by atoms with Crippen molar-refractivity contribution in [1.82, 2.24) is 0 Å². The van der Waals surface area contributed by atoms with Gasteiger partial charge in [-0.15, -0.1) is 0 Å². The summed E-state index contributed by atoms with van der Waals surface area (Å²) in [6, 6.07) is 39.8. The van der Waals surface area contributed by atoms with Crippen LogP contribution in [0.4, 0.5) is 34.1 Å². The van der Waals surface area contributed by atoms with E-state index in [0.29, 0.717) is 23.9 Å². The molecule has 0 fully saturated rings. The third kappa shape index (κ3) is 11.2. The van der Waals surface area contributed by atoms with E-state index in [9.17, 15) is 0 Å². The van der Waals surface area contributed by atoms with Gasteiger partial charge >= 0.3 is 0 Å². The Morgan fingerprint density at radius 2 is 0.756 bits per heavy atom. The fourth-order valence-electron chi connectivity index (χ4n) is 6.42. The van der Waals surface area contributed by atoms with Gasteiger partial charge in [0.25, 0.3) is 0 Å². The Bertz CT molecular complexity index is 1240. The Balaban J connectivity index is 1.35. The predicted octanol–water partition coefficient (Wildman–Crippen LogP) is 11.5. The molecule has 0 aliphatic carbocycles. The molecule has 4 rings (SSSR count). The number of hydrogen-bond acceptors (Lipinski definition) is 4. The van der Waals surface area contributed by atoms with Crippen LogP contribution in [0.2, 0.25) is 0 Å². The van der Waals surface area contributed by atoms with E-state index in [1.165, 1.54) is 43.5 Å². The summed E-state index contributed by atoms with van der Waals surface area (Å²) in [5.41, 5.74) is 7.12. The van der Waals surface area contributed by atoms with Crippen LogP contribution in [0.5, 0.6) is 0 Å². The van der Waals surface area contributed by atoms with Crippen molar-refractivity contribution in [2.45, 2.75) is 85.7 Å². The number of nitrogens with one attached hydrogen (secondary N) is 2. The van der Waals surface area contributed by atoms with Gasteiger partial charge in [0, 0.05) is 59.3 Å². The molecule has 2 atom stereocenters. The van der Waals surface area contributed by atoms with Crippen LogP contribution < -0.4 is 20.4 Å². The maximum Gasteiger partial charge on any atom is 0.0385 e. The molecule has 4 nitrogen and oxygen atoms in total. The molecule has 0 aliphatic heterocycles. The molecular weight excluding hydrogens is 548 g/mol. The van der Waals surface area contributed by atoms with Crippen molar-refractivity contribution in [2.75, 3.05) is 33.5 Å². The molecule has 0 aliphatic rings. The first-order chi connectivity index (χ1) is 21.8. The van der Waals surface area contributed by atoms with Gasteiger partial charge in [0.15, 0.2) is 0 Å². The normalized spacial score (nSPS) is 12.6. The van der Waals surface area contributed by atoms with Crippen LogP contribution in [0.15, 0.2) is 109 Å². The third-order valence-electron chi connectivity index (χ3n) is 8.51. The van der Waals surface area contributed by atoms with Gasteiger partial charge in [-0.2, -0.15) is 0 Å². The lowest BCUT2D eigenvalue weighted by Crippen LogP contribution is -2.36. The van der Waals surface area contributed by atoms with Gasteiger partial charge in [-0.25, -0.2) is 0 Å². The van der Waals surface area contributed by atoms with E-state index in [0.717, 1.165) is 35.8 Å². The highest BCUT2D eigenvalue weighted by Gasteiger charge is 2.18. The van der Waals surface area contributed by atoms with E-state index in [1.54, 1.807) is 0 Å². The van der Waals surface area contributed by atoms with Crippen molar-refractivity contribution in [1.29, 1.82) is 0 Å². The summed E-state index contributed by atoms with van der Waals surface area (Å²) in [5, 5.41) is 7.05. The highest BCUT2D eigenvalue weighted by molar-refractivity contribution is 5.64. The minimum absolute atomic E-state index is 0.503. The fraction of sp³-hybridized carbons (Fsp3) is 0.415. The van der Waals surface area contributed by atoms with Crippen molar-refractivity contribution >= 4 is 34.1 Å². The minimum atomic E-state index is 0.503. The first-order valence-electron chi connectivity index (χ1n) is 17.2. The number of para-hydroxylation sites is 2. The zero-order chi connectivity index (χ0) is 32.0. The first-order valence-corrected chi connectivity index (χ1v) is 17.2. The highest BCUT2D eigenvalue weighted by atomic mass is 15.2. The molecule has 4 heteroatoms. The molecule has 2 unspecified atom stereocenters. The number of benzene rings is 4. The predicted molar refractivity (Wildman–Crippen MR) is 199 cm³/mol. The summed E-state index contributed by atoms with van der Waals surface area (Å²) < 4.78 is 0. The lowest BCUT2D eigenvalue weighted by atomic mass is 10.0. The molecule has 0 bridgehead atoms. The van der Waals surface area contributed by atoms with E-state index >= 15 is 0 Å². The summed E-state index contributed by atoms with van der Waals surface area (Å²) in [6.07, 6.45) is 5.99. The van der Waals surface area contributed by atoms with Crippen molar-refractivity contribution < 1.29 is 0 Å². The Morgan fingerprint density at radius 1 is 0.422 bits per heavy atom. The van der Waals surface area contributed by atoms with Gasteiger partial charge in [-0.05, 0) is 131 Å². The average molecular weight is 605 g/mol.